The second-order valence-electron chi connectivity index (χ2n) is 2.52. The van der Waals surface area contributed by atoms with Crippen LogP contribution >= 0.6 is 0 Å². The fraction of sp³-hybridized carbons (Fsp3) is 0.714. The SMILES string of the molecule is CC(=O)OCC(=O)C1CC1. The van der Waals surface area contributed by atoms with E-state index in [1.807, 2.05) is 0 Å². The van der Waals surface area contributed by atoms with E-state index in [0.29, 0.717) is 0 Å². The first-order valence-corrected chi connectivity index (χ1v) is 3.36. The molecule has 1 aliphatic carbocycles. The highest BCUT2D eigenvalue weighted by molar-refractivity contribution is 5.85. The Morgan fingerprint density at radius 2 is 2.10 bits per heavy atom. The Morgan fingerprint density at radius 3 is 2.50 bits per heavy atom. The number of hydrogen-bond acceptors (Lipinski definition) is 3. The lowest BCUT2D eigenvalue weighted by Crippen LogP contribution is -2.12. The van der Waals surface area contributed by atoms with Crippen LogP contribution in [0.15, 0.2) is 0 Å². The molecule has 0 aliphatic heterocycles. The van der Waals surface area contributed by atoms with Crippen LogP contribution < -0.4 is 0 Å². The van der Waals surface area contributed by atoms with Gasteiger partial charge in [-0.25, -0.2) is 0 Å². The molecule has 0 aromatic rings. The molecule has 1 fully saturated rings. The van der Waals surface area contributed by atoms with Crippen molar-refractivity contribution in [1.82, 2.24) is 0 Å². The van der Waals surface area contributed by atoms with Gasteiger partial charge < -0.3 is 4.74 Å². The van der Waals surface area contributed by atoms with Crippen molar-refractivity contribution in [3.05, 3.63) is 0 Å². The zero-order valence-electron chi connectivity index (χ0n) is 5.92. The molecule has 0 atom stereocenters. The first-order valence-electron chi connectivity index (χ1n) is 3.36. The van der Waals surface area contributed by atoms with Crippen LogP contribution in [-0.2, 0) is 14.3 Å². The van der Waals surface area contributed by atoms with E-state index < -0.39 is 0 Å². The van der Waals surface area contributed by atoms with Gasteiger partial charge in [0.1, 0.15) is 6.61 Å². The van der Waals surface area contributed by atoms with Crippen molar-refractivity contribution in [1.29, 1.82) is 0 Å². The summed E-state index contributed by atoms with van der Waals surface area (Å²) >= 11 is 0. The Hall–Kier alpha value is -0.860. The van der Waals surface area contributed by atoms with Crippen LogP contribution in [0.5, 0.6) is 0 Å². The maximum Gasteiger partial charge on any atom is 0.303 e. The molecule has 0 amide bonds. The van der Waals surface area contributed by atoms with E-state index in [-0.39, 0.29) is 24.3 Å². The number of carbonyl (C=O) groups is 2. The van der Waals surface area contributed by atoms with Crippen molar-refractivity contribution in [3.8, 4) is 0 Å². The number of carbonyl (C=O) groups excluding carboxylic acids is 2. The van der Waals surface area contributed by atoms with E-state index in [1.165, 1.54) is 6.92 Å². The molecular formula is C7H10O3. The molecule has 1 saturated carbocycles. The minimum atomic E-state index is -0.381. The Kier molecular flexibility index (Phi) is 2.04. The lowest BCUT2D eigenvalue weighted by atomic mass is 10.3. The first-order chi connectivity index (χ1) is 4.70. The summed E-state index contributed by atoms with van der Waals surface area (Å²) in [6.45, 7) is 1.28. The highest BCUT2D eigenvalue weighted by atomic mass is 16.5. The smallest absolute Gasteiger partial charge is 0.303 e. The third-order valence-electron chi connectivity index (χ3n) is 1.45. The van der Waals surface area contributed by atoms with Gasteiger partial charge in [0.25, 0.3) is 0 Å². The Bertz CT molecular complexity index is 158. The average Bonchev–Trinajstić information content (AvgIpc) is 2.63. The summed E-state index contributed by atoms with van der Waals surface area (Å²) in [4.78, 5) is 21.0. The van der Waals surface area contributed by atoms with Gasteiger partial charge in [-0.05, 0) is 12.8 Å². The molecule has 0 aromatic carbocycles. The minimum Gasteiger partial charge on any atom is -0.458 e. The molecule has 3 heteroatoms. The van der Waals surface area contributed by atoms with Gasteiger partial charge in [0.2, 0.25) is 0 Å². The van der Waals surface area contributed by atoms with Crippen molar-refractivity contribution in [2.45, 2.75) is 19.8 Å². The molecule has 0 N–H and O–H groups in total. The van der Waals surface area contributed by atoms with E-state index in [2.05, 4.69) is 4.74 Å². The number of ketones is 1. The summed E-state index contributed by atoms with van der Waals surface area (Å²) in [7, 11) is 0. The standard InChI is InChI=1S/C7H10O3/c1-5(8)10-4-7(9)6-2-3-6/h6H,2-4H2,1H3. The Labute approximate surface area is 59.4 Å². The van der Waals surface area contributed by atoms with Crippen molar-refractivity contribution < 1.29 is 14.3 Å². The summed E-state index contributed by atoms with van der Waals surface area (Å²) in [5.41, 5.74) is 0. The molecule has 0 radical (unpaired) electrons. The number of rotatable bonds is 3. The molecule has 0 saturated heterocycles. The van der Waals surface area contributed by atoms with Gasteiger partial charge in [-0.2, -0.15) is 0 Å². The summed E-state index contributed by atoms with van der Waals surface area (Å²) in [6.07, 6.45) is 1.94. The molecular weight excluding hydrogens is 132 g/mol. The molecule has 0 unspecified atom stereocenters. The van der Waals surface area contributed by atoms with Crippen LogP contribution in [0.3, 0.4) is 0 Å². The molecule has 3 nitrogen and oxygen atoms in total. The van der Waals surface area contributed by atoms with E-state index in [4.69, 9.17) is 0 Å². The van der Waals surface area contributed by atoms with Crippen molar-refractivity contribution in [2.24, 2.45) is 5.92 Å². The zero-order chi connectivity index (χ0) is 7.56. The highest BCUT2D eigenvalue weighted by Gasteiger charge is 2.29. The maximum absolute atomic E-state index is 10.8. The van der Waals surface area contributed by atoms with E-state index in [1.54, 1.807) is 0 Å². The normalized spacial score (nSPS) is 16.5. The lowest BCUT2D eigenvalue weighted by Gasteiger charge is -1.97. The van der Waals surface area contributed by atoms with Gasteiger partial charge in [0, 0.05) is 12.8 Å². The van der Waals surface area contributed by atoms with Crippen molar-refractivity contribution in [3.63, 3.8) is 0 Å². The monoisotopic (exact) mass is 142 g/mol. The molecule has 1 aliphatic rings. The van der Waals surface area contributed by atoms with Gasteiger partial charge >= 0.3 is 5.97 Å². The number of ether oxygens (including phenoxy) is 1. The van der Waals surface area contributed by atoms with Gasteiger partial charge in [-0.15, -0.1) is 0 Å². The van der Waals surface area contributed by atoms with Crippen LogP contribution in [0.25, 0.3) is 0 Å². The van der Waals surface area contributed by atoms with Crippen LogP contribution in [-0.4, -0.2) is 18.4 Å². The molecule has 0 bridgehead atoms. The lowest BCUT2D eigenvalue weighted by molar-refractivity contribution is -0.146. The molecule has 10 heavy (non-hydrogen) atoms. The third kappa shape index (κ3) is 2.17. The Morgan fingerprint density at radius 1 is 1.50 bits per heavy atom. The topological polar surface area (TPSA) is 43.4 Å². The first kappa shape index (κ1) is 7.25. The zero-order valence-corrected chi connectivity index (χ0v) is 5.92. The number of Topliss-reactive ketones (excluding diaryl/α,β-unsaturated/α-hetero) is 1. The minimum absolute atomic E-state index is 0.0278. The van der Waals surface area contributed by atoms with Crippen LogP contribution in [0, 0.1) is 5.92 Å². The predicted molar refractivity (Wildman–Crippen MR) is 34.4 cm³/mol. The number of hydrogen-bond donors (Lipinski definition) is 0. The van der Waals surface area contributed by atoms with Crippen molar-refractivity contribution in [2.75, 3.05) is 6.61 Å². The quantitative estimate of drug-likeness (QED) is 0.540. The van der Waals surface area contributed by atoms with Gasteiger partial charge in [-0.1, -0.05) is 0 Å². The Balaban J connectivity index is 2.12. The third-order valence-corrected chi connectivity index (χ3v) is 1.45. The number of esters is 1. The fourth-order valence-corrected chi connectivity index (χ4v) is 0.696. The summed E-state index contributed by atoms with van der Waals surface area (Å²) in [6, 6.07) is 0. The summed E-state index contributed by atoms with van der Waals surface area (Å²) < 4.78 is 4.52. The average molecular weight is 142 g/mol. The molecule has 0 heterocycles. The molecule has 0 spiro atoms. The van der Waals surface area contributed by atoms with Crippen LogP contribution in [0.1, 0.15) is 19.8 Å². The second-order valence-corrected chi connectivity index (χ2v) is 2.52. The van der Waals surface area contributed by atoms with E-state index >= 15 is 0 Å². The van der Waals surface area contributed by atoms with Crippen LogP contribution in [0.4, 0.5) is 0 Å². The van der Waals surface area contributed by atoms with Gasteiger partial charge in [0.05, 0.1) is 0 Å². The summed E-state index contributed by atoms with van der Waals surface area (Å²) in [5, 5.41) is 0. The maximum atomic E-state index is 10.8. The fourth-order valence-electron chi connectivity index (χ4n) is 0.696. The second kappa shape index (κ2) is 2.82. The van der Waals surface area contributed by atoms with Gasteiger partial charge in [0.15, 0.2) is 5.78 Å². The van der Waals surface area contributed by atoms with E-state index in [9.17, 15) is 9.59 Å². The van der Waals surface area contributed by atoms with E-state index in [0.717, 1.165) is 12.8 Å². The largest absolute Gasteiger partial charge is 0.458 e. The predicted octanol–water partition coefficient (Wildman–Crippen LogP) is 0.529. The summed E-state index contributed by atoms with van der Waals surface area (Å²) in [5.74, 6) is -0.122. The highest BCUT2D eigenvalue weighted by Crippen LogP contribution is 2.29. The molecule has 0 aromatic heterocycles. The van der Waals surface area contributed by atoms with Crippen LogP contribution in [0.2, 0.25) is 0 Å². The molecule has 56 valence electrons. The van der Waals surface area contributed by atoms with Crippen molar-refractivity contribution >= 4 is 11.8 Å². The van der Waals surface area contributed by atoms with Gasteiger partial charge in [-0.3, -0.25) is 9.59 Å². The molecule has 1 rings (SSSR count).